The molecule has 0 aromatic carbocycles. The molecule has 120 valence electrons. The second-order valence-corrected chi connectivity index (χ2v) is 3.78. The first-order valence-corrected chi connectivity index (χ1v) is 6.07. The van der Waals surface area contributed by atoms with Crippen molar-refractivity contribution in [1.29, 1.82) is 0 Å². The van der Waals surface area contributed by atoms with Crippen molar-refractivity contribution in [3.63, 3.8) is 0 Å². The fraction of sp³-hybridized carbons (Fsp3) is 0.400. The molecule has 0 aromatic heterocycles. The van der Waals surface area contributed by atoms with Gasteiger partial charge >= 0.3 is 19.8 Å². The molecular weight excluding hydrogens is 346 g/mol. The van der Waals surface area contributed by atoms with Gasteiger partial charge in [0.2, 0.25) is 0 Å². The Bertz CT molecular complexity index is 380. The molecule has 7 heteroatoms. The topological polar surface area (TPSA) is 120 Å². The van der Waals surface area contributed by atoms with Gasteiger partial charge in [0.25, 0.3) is 0 Å². The molecule has 0 atom stereocenters. The third kappa shape index (κ3) is 20.6. The van der Waals surface area contributed by atoms with Gasteiger partial charge in [-0.1, -0.05) is 18.2 Å². The van der Waals surface area contributed by atoms with Crippen molar-refractivity contribution in [3.05, 3.63) is 34.9 Å². The third-order valence-corrected chi connectivity index (χ3v) is 2.26. The largest absolute Gasteiger partial charge is 3.00 e. The van der Waals surface area contributed by atoms with Crippen LogP contribution in [0.25, 0.3) is 0 Å². The second-order valence-electron chi connectivity index (χ2n) is 3.78. The molecular formula is C15H21GaO6. The van der Waals surface area contributed by atoms with Crippen molar-refractivity contribution in [3.8, 4) is 0 Å². The molecule has 0 spiro atoms. The first-order valence-electron chi connectivity index (χ1n) is 6.07. The zero-order chi connectivity index (χ0) is 17.6. The first-order chi connectivity index (χ1) is 9.54. The minimum atomic E-state index is -1.09. The van der Waals surface area contributed by atoms with Crippen molar-refractivity contribution in [2.75, 3.05) is 0 Å². The van der Waals surface area contributed by atoms with Crippen molar-refractivity contribution < 1.29 is 29.7 Å². The van der Waals surface area contributed by atoms with E-state index in [-0.39, 0.29) is 36.5 Å². The summed E-state index contributed by atoms with van der Waals surface area (Å²) in [6.07, 6.45) is 4.49. The number of aliphatic carboxylic acids is 3. The smallest absolute Gasteiger partial charge is 0.545 e. The second kappa shape index (κ2) is 17.3. The molecule has 6 nitrogen and oxygen atoms in total. The summed E-state index contributed by atoms with van der Waals surface area (Å²) in [5.74, 6) is -3.28. The number of rotatable bonds is 3. The van der Waals surface area contributed by atoms with Crippen LogP contribution in [0.15, 0.2) is 34.9 Å². The number of carbonyl (C=O) groups is 3. The van der Waals surface area contributed by atoms with Gasteiger partial charge in [-0.05, 0) is 58.3 Å². The molecule has 0 bridgehead atoms. The Balaban J connectivity index is -0.000000108. The van der Waals surface area contributed by atoms with Crippen LogP contribution in [-0.4, -0.2) is 37.7 Å². The Morgan fingerprint density at radius 1 is 0.591 bits per heavy atom. The van der Waals surface area contributed by atoms with E-state index in [1.165, 1.54) is 39.0 Å². The molecule has 0 radical (unpaired) electrons. The third-order valence-electron chi connectivity index (χ3n) is 2.26. The van der Waals surface area contributed by atoms with Crippen LogP contribution in [0.4, 0.5) is 0 Å². The van der Waals surface area contributed by atoms with E-state index >= 15 is 0 Å². The Kier molecular flexibility index (Phi) is 22.4. The SMILES string of the molecule is C/C=C(/C)C(=O)[O-].C/C=C(/C)C(=O)[O-].C/C=C(/C)C(=O)[O-].[Ga+3]. The van der Waals surface area contributed by atoms with Crippen LogP contribution in [0.1, 0.15) is 41.5 Å². The average molecular weight is 367 g/mol. The van der Waals surface area contributed by atoms with E-state index in [1.54, 1.807) is 20.8 Å². The molecule has 22 heavy (non-hydrogen) atoms. The van der Waals surface area contributed by atoms with Crippen LogP contribution in [0.3, 0.4) is 0 Å². The monoisotopic (exact) mass is 366 g/mol. The number of carbonyl (C=O) groups excluding carboxylic acids is 3. The Hall–Kier alpha value is -1.73. The molecule has 0 saturated carbocycles. The zero-order valence-electron chi connectivity index (χ0n) is 13.8. The number of allylic oxidation sites excluding steroid dienone is 3. The fourth-order valence-electron chi connectivity index (χ4n) is 0.354. The average Bonchev–Trinajstić information content (AvgIpc) is 2.45. The van der Waals surface area contributed by atoms with Gasteiger partial charge in [-0.25, -0.2) is 0 Å². The van der Waals surface area contributed by atoms with E-state index in [1.807, 2.05) is 0 Å². The minimum absolute atomic E-state index is 0. The summed E-state index contributed by atoms with van der Waals surface area (Å²) < 4.78 is 0. The van der Waals surface area contributed by atoms with Crippen molar-refractivity contribution in [1.82, 2.24) is 0 Å². The minimum Gasteiger partial charge on any atom is -0.545 e. The number of carboxylic acids is 3. The summed E-state index contributed by atoms with van der Waals surface area (Å²) in [6, 6.07) is 0. The van der Waals surface area contributed by atoms with Gasteiger partial charge in [0, 0.05) is 0 Å². The van der Waals surface area contributed by atoms with Gasteiger partial charge in [0.15, 0.2) is 0 Å². The summed E-state index contributed by atoms with van der Waals surface area (Å²) in [7, 11) is 0. The maximum Gasteiger partial charge on any atom is 3.00 e. The number of hydrogen-bond donors (Lipinski definition) is 0. The molecule has 0 fully saturated rings. The van der Waals surface area contributed by atoms with E-state index in [2.05, 4.69) is 0 Å². The molecule has 0 aromatic rings. The van der Waals surface area contributed by atoms with Gasteiger partial charge in [-0.2, -0.15) is 0 Å². The summed E-state index contributed by atoms with van der Waals surface area (Å²) in [5, 5.41) is 29.3. The standard InChI is InChI=1S/3C5H8O2.Ga/c3*1-3-4(2)5(6)7;/h3*3H,1-2H3,(H,6,7);/q;;;+3/p-3/b3*4-3-;. The summed E-state index contributed by atoms with van der Waals surface area (Å²) in [4.78, 5) is 29.3. The Morgan fingerprint density at radius 3 is 0.727 bits per heavy atom. The maximum absolute atomic E-state index is 9.75. The summed E-state index contributed by atoms with van der Waals surface area (Å²) in [5.41, 5.74) is 0.833. The Morgan fingerprint density at radius 2 is 0.727 bits per heavy atom. The molecule has 0 aliphatic carbocycles. The van der Waals surface area contributed by atoms with E-state index in [4.69, 9.17) is 0 Å². The molecule has 0 N–H and O–H groups in total. The number of hydrogen-bond acceptors (Lipinski definition) is 6. The van der Waals surface area contributed by atoms with Crippen LogP contribution in [0.5, 0.6) is 0 Å². The van der Waals surface area contributed by atoms with Crippen LogP contribution in [-0.2, 0) is 14.4 Å². The predicted molar refractivity (Wildman–Crippen MR) is 79.1 cm³/mol. The van der Waals surface area contributed by atoms with Gasteiger partial charge in [-0.3, -0.25) is 0 Å². The van der Waals surface area contributed by atoms with Crippen LogP contribution in [0.2, 0.25) is 0 Å². The van der Waals surface area contributed by atoms with Crippen LogP contribution in [0, 0.1) is 0 Å². The normalized spacial score (nSPS) is 10.9. The molecule has 0 rings (SSSR count). The quantitative estimate of drug-likeness (QED) is 0.453. The maximum atomic E-state index is 9.75. The Labute approximate surface area is 144 Å². The fourth-order valence-corrected chi connectivity index (χ4v) is 0.354. The molecule has 0 saturated heterocycles. The van der Waals surface area contributed by atoms with Crippen molar-refractivity contribution >= 4 is 37.7 Å². The predicted octanol–water partition coefficient (Wildman–Crippen LogP) is -1.27. The van der Waals surface area contributed by atoms with E-state index in [9.17, 15) is 29.7 Å². The first kappa shape index (κ1) is 28.4. The van der Waals surface area contributed by atoms with Crippen LogP contribution >= 0.6 is 0 Å². The van der Waals surface area contributed by atoms with Crippen molar-refractivity contribution in [2.24, 2.45) is 0 Å². The molecule has 0 amide bonds. The zero-order valence-corrected chi connectivity index (χ0v) is 16.2. The van der Waals surface area contributed by atoms with Gasteiger partial charge in [0.05, 0.1) is 17.9 Å². The number of carboxylic acid groups (broad SMARTS) is 3. The molecule has 0 aliphatic heterocycles. The summed E-state index contributed by atoms with van der Waals surface area (Å²) in [6.45, 7) is 9.46. The van der Waals surface area contributed by atoms with E-state index in [0.29, 0.717) is 0 Å². The van der Waals surface area contributed by atoms with Crippen molar-refractivity contribution in [2.45, 2.75) is 41.5 Å². The van der Waals surface area contributed by atoms with E-state index < -0.39 is 17.9 Å². The van der Waals surface area contributed by atoms with Gasteiger partial charge in [0.1, 0.15) is 0 Å². The van der Waals surface area contributed by atoms with Gasteiger partial charge < -0.3 is 29.7 Å². The molecule has 0 heterocycles. The molecule has 0 unspecified atom stereocenters. The van der Waals surface area contributed by atoms with Gasteiger partial charge in [-0.15, -0.1) is 0 Å². The summed E-state index contributed by atoms with van der Waals surface area (Å²) >= 11 is 0. The molecule has 0 aliphatic rings. The van der Waals surface area contributed by atoms with E-state index in [0.717, 1.165) is 0 Å². The van der Waals surface area contributed by atoms with Crippen LogP contribution < -0.4 is 15.3 Å².